The number of hydrogen-bond donors (Lipinski definition) is 6. The van der Waals surface area contributed by atoms with Gasteiger partial charge in [-0.1, -0.05) is 11.6 Å². The number of allylic oxidation sites excluding steroid dienone is 2. The maximum absolute atomic E-state index is 12.8. The third-order valence-electron chi connectivity index (χ3n) is 4.41. The van der Waals surface area contributed by atoms with Crippen molar-refractivity contribution in [3.05, 3.63) is 34.4 Å². The topological polar surface area (TPSA) is 157 Å². The first kappa shape index (κ1) is 24.9. The molecular formula is C20H30O9. The molecule has 0 unspecified atom stereocenters. The van der Waals surface area contributed by atoms with Gasteiger partial charge in [-0.3, -0.25) is 0 Å². The molecule has 0 radical (unpaired) electrons. The SMILES string of the molecule is COc1c(CC=C(C)C)c(O)cc(C)c1C(=O)O[C@@H]([C@H](O)[C@H](O)CO)[C@H](O)CO. The summed E-state index contributed by atoms with van der Waals surface area (Å²) in [6.45, 7) is 3.59. The summed E-state index contributed by atoms with van der Waals surface area (Å²) in [4.78, 5) is 12.8. The van der Waals surface area contributed by atoms with Gasteiger partial charge in [0.2, 0.25) is 0 Å². The highest BCUT2D eigenvalue weighted by Gasteiger charge is 2.36. The number of rotatable bonds is 10. The van der Waals surface area contributed by atoms with E-state index >= 15 is 0 Å². The van der Waals surface area contributed by atoms with Crippen LogP contribution in [0.5, 0.6) is 11.5 Å². The highest BCUT2D eigenvalue weighted by Crippen LogP contribution is 2.36. The van der Waals surface area contributed by atoms with E-state index in [9.17, 15) is 30.3 Å². The summed E-state index contributed by atoms with van der Waals surface area (Å²) < 4.78 is 10.5. The summed E-state index contributed by atoms with van der Waals surface area (Å²) in [5.74, 6) is -1.00. The highest BCUT2D eigenvalue weighted by molar-refractivity contribution is 5.95. The summed E-state index contributed by atoms with van der Waals surface area (Å²) in [7, 11) is 1.32. The van der Waals surface area contributed by atoms with Crippen molar-refractivity contribution in [2.45, 2.75) is 51.6 Å². The first-order chi connectivity index (χ1) is 13.6. The normalized spacial score (nSPS) is 15.2. The van der Waals surface area contributed by atoms with Gasteiger partial charge in [0.05, 0.1) is 20.3 Å². The molecule has 1 rings (SSSR count). The Morgan fingerprint density at radius 2 is 1.72 bits per heavy atom. The smallest absolute Gasteiger partial charge is 0.342 e. The summed E-state index contributed by atoms with van der Waals surface area (Å²) in [6.07, 6.45) is -4.85. The lowest BCUT2D eigenvalue weighted by molar-refractivity contribution is -0.128. The lowest BCUT2D eigenvalue weighted by Gasteiger charge is -2.29. The number of methoxy groups -OCH3 is 1. The van der Waals surface area contributed by atoms with E-state index in [4.69, 9.17) is 14.6 Å². The number of aliphatic hydroxyl groups is 5. The van der Waals surface area contributed by atoms with Crippen LogP contribution < -0.4 is 4.74 Å². The molecule has 0 saturated heterocycles. The van der Waals surface area contributed by atoms with E-state index in [1.807, 2.05) is 19.9 Å². The second kappa shape index (κ2) is 11.1. The van der Waals surface area contributed by atoms with Gasteiger partial charge in [-0.05, 0) is 38.8 Å². The third-order valence-corrected chi connectivity index (χ3v) is 4.41. The van der Waals surface area contributed by atoms with E-state index in [1.54, 1.807) is 6.92 Å². The van der Waals surface area contributed by atoms with Gasteiger partial charge in [0.25, 0.3) is 0 Å². The van der Waals surface area contributed by atoms with Crippen molar-refractivity contribution in [3.63, 3.8) is 0 Å². The van der Waals surface area contributed by atoms with E-state index in [0.717, 1.165) is 5.57 Å². The van der Waals surface area contributed by atoms with Crippen molar-refractivity contribution >= 4 is 5.97 Å². The molecule has 0 fully saturated rings. The van der Waals surface area contributed by atoms with E-state index < -0.39 is 43.6 Å². The Hall–Kier alpha value is -2.17. The zero-order chi connectivity index (χ0) is 22.3. The Morgan fingerprint density at radius 3 is 2.21 bits per heavy atom. The van der Waals surface area contributed by atoms with Crippen molar-refractivity contribution in [2.75, 3.05) is 20.3 Å². The lowest BCUT2D eigenvalue weighted by Crippen LogP contribution is -2.49. The molecule has 0 aromatic heterocycles. The zero-order valence-corrected chi connectivity index (χ0v) is 17.0. The van der Waals surface area contributed by atoms with E-state index in [2.05, 4.69) is 0 Å². The molecule has 0 aliphatic rings. The van der Waals surface area contributed by atoms with Crippen LogP contribution in [0.4, 0.5) is 0 Å². The van der Waals surface area contributed by atoms with Crippen LogP contribution in [0, 0.1) is 6.92 Å². The summed E-state index contributed by atoms with van der Waals surface area (Å²) >= 11 is 0. The van der Waals surface area contributed by atoms with Gasteiger partial charge >= 0.3 is 5.97 Å². The Bertz CT molecular complexity index is 725. The zero-order valence-electron chi connectivity index (χ0n) is 17.0. The number of ether oxygens (including phenoxy) is 2. The first-order valence-electron chi connectivity index (χ1n) is 9.08. The van der Waals surface area contributed by atoms with Crippen LogP contribution in [-0.4, -0.2) is 81.3 Å². The monoisotopic (exact) mass is 414 g/mol. The minimum absolute atomic E-state index is 0.0386. The quantitative estimate of drug-likeness (QED) is 0.225. The molecule has 4 atom stereocenters. The number of aryl methyl sites for hydroxylation is 1. The highest BCUT2D eigenvalue weighted by atomic mass is 16.6. The van der Waals surface area contributed by atoms with Gasteiger partial charge in [-0.25, -0.2) is 4.79 Å². The average molecular weight is 414 g/mol. The van der Waals surface area contributed by atoms with Crippen LogP contribution in [0.2, 0.25) is 0 Å². The number of aliphatic hydroxyl groups excluding tert-OH is 5. The molecule has 0 saturated carbocycles. The molecule has 1 aromatic carbocycles. The maximum Gasteiger partial charge on any atom is 0.342 e. The van der Waals surface area contributed by atoms with Crippen molar-refractivity contribution in [1.82, 2.24) is 0 Å². The van der Waals surface area contributed by atoms with E-state index in [1.165, 1.54) is 13.2 Å². The molecule has 9 heteroatoms. The Kier molecular flexibility index (Phi) is 9.54. The van der Waals surface area contributed by atoms with Gasteiger partial charge in [0.15, 0.2) is 6.10 Å². The Labute approximate surface area is 169 Å². The number of phenols is 1. The van der Waals surface area contributed by atoms with Crippen LogP contribution in [0.25, 0.3) is 0 Å². The Balaban J connectivity index is 3.38. The second-order valence-electron chi connectivity index (χ2n) is 6.95. The number of carbonyl (C=O) groups is 1. The number of phenolic OH excluding ortho intramolecular Hbond substituents is 1. The van der Waals surface area contributed by atoms with Crippen LogP contribution >= 0.6 is 0 Å². The van der Waals surface area contributed by atoms with Crippen molar-refractivity contribution in [1.29, 1.82) is 0 Å². The van der Waals surface area contributed by atoms with Crippen molar-refractivity contribution in [3.8, 4) is 11.5 Å². The van der Waals surface area contributed by atoms with Gasteiger partial charge in [-0.2, -0.15) is 0 Å². The molecule has 0 bridgehead atoms. The molecule has 0 spiro atoms. The molecular weight excluding hydrogens is 384 g/mol. The van der Waals surface area contributed by atoms with E-state index in [-0.39, 0.29) is 23.5 Å². The standard InChI is InChI=1S/C20H30O9/c1-10(2)5-6-12-13(23)7-11(3)16(18(12)28-4)20(27)29-19(15(25)9-22)17(26)14(24)8-21/h5,7,14-15,17,19,21-26H,6,8-9H2,1-4H3/t14-,15-,17-,19-/m1/s1. The van der Waals surface area contributed by atoms with Gasteiger partial charge < -0.3 is 40.1 Å². The molecule has 0 heterocycles. The summed E-state index contributed by atoms with van der Waals surface area (Å²) in [6, 6.07) is 1.36. The van der Waals surface area contributed by atoms with Gasteiger partial charge in [-0.15, -0.1) is 0 Å². The number of esters is 1. The lowest BCUT2D eigenvalue weighted by atomic mass is 9.98. The molecule has 0 aliphatic carbocycles. The number of benzene rings is 1. The number of carbonyl (C=O) groups excluding carboxylic acids is 1. The number of aromatic hydroxyl groups is 1. The van der Waals surface area contributed by atoms with Crippen LogP contribution in [0.15, 0.2) is 17.7 Å². The van der Waals surface area contributed by atoms with Crippen LogP contribution in [0.3, 0.4) is 0 Å². The molecule has 0 amide bonds. The molecule has 9 nitrogen and oxygen atoms in total. The van der Waals surface area contributed by atoms with Crippen LogP contribution in [-0.2, 0) is 11.2 Å². The van der Waals surface area contributed by atoms with Crippen molar-refractivity contribution < 1.29 is 44.9 Å². The molecule has 1 aromatic rings. The van der Waals surface area contributed by atoms with Gasteiger partial charge in [0, 0.05) is 5.56 Å². The maximum atomic E-state index is 12.8. The first-order valence-corrected chi connectivity index (χ1v) is 9.08. The fraction of sp³-hybridized carbons (Fsp3) is 0.550. The Morgan fingerprint density at radius 1 is 1.14 bits per heavy atom. The van der Waals surface area contributed by atoms with Gasteiger partial charge in [0.1, 0.15) is 35.4 Å². The summed E-state index contributed by atoms with van der Waals surface area (Å²) in [5.41, 5.74) is 1.62. The predicted octanol–water partition coefficient (Wildman–Crippen LogP) is -0.189. The fourth-order valence-corrected chi connectivity index (χ4v) is 2.78. The fourth-order valence-electron chi connectivity index (χ4n) is 2.78. The third kappa shape index (κ3) is 6.15. The largest absolute Gasteiger partial charge is 0.508 e. The predicted molar refractivity (Wildman–Crippen MR) is 104 cm³/mol. The second-order valence-corrected chi connectivity index (χ2v) is 6.95. The number of hydrogen-bond acceptors (Lipinski definition) is 9. The van der Waals surface area contributed by atoms with Crippen LogP contribution in [0.1, 0.15) is 35.3 Å². The summed E-state index contributed by atoms with van der Waals surface area (Å²) in [5, 5.41) is 58.1. The average Bonchev–Trinajstić information content (AvgIpc) is 2.68. The molecule has 6 N–H and O–H groups in total. The minimum atomic E-state index is -1.85. The minimum Gasteiger partial charge on any atom is -0.508 e. The molecule has 0 aliphatic heterocycles. The molecule has 164 valence electrons. The van der Waals surface area contributed by atoms with Crippen molar-refractivity contribution in [2.24, 2.45) is 0 Å². The molecule has 29 heavy (non-hydrogen) atoms. The van der Waals surface area contributed by atoms with E-state index in [0.29, 0.717) is 11.1 Å².